The van der Waals surface area contributed by atoms with E-state index in [1.54, 1.807) is 0 Å². The van der Waals surface area contributed by atoms with Crippen LogP contribution in [0.25, 0.3) is 0 Å². The summed E-state index contributed by atoms with van der Waals surface area (Å²) in [6.45, 7) is 9.38. The van der Waals surface area contributed by atoms with Crippen molar-refractivity contribution in [2.75, 3.05) is 0 Å². The largest absolute Gasteiger partial charge is 0.0654 e. The maximum Gasteiger partial charge on any atom is -0.0414 e. The molecule has 0 aromatic carbocycles. The van der Waals surface area contributed by atoms with E-state index in [-0.39, 0.29) is 0 Å². The van der Waals surface area contributed by atoms with Gasteiger partial charge in [0.2, 0.25) is 0 Å². The normalized spacial score (nSPS) is 13.1. The zero-order valence-corrected chi connectivity index (χ0v) is 32.0. The molecule has 0 aliphatic rings. The first kappa shape index (κ1) is 44.0. The quantitative estimate of drug-likeness (QED) is 0.0601. The van der Waals surface area contributed by atoms with Crippen LogP contribution < -0.4 is 0 Å². The standard InChI is InChI=1S/C44H90/c1-5-9-13-15-17-19-21-23-25-27-29-31-35-40-44(38-33-12-8-4)42-36-41-43(37-32-11-7-3)39-34-30-28-26-24-22-20-18-16-14-10-6-2/h43-44H,5-42H2,1-4H3. The predicted octanol–water partition coefficient (Wildman–Crippen LogP) is 17.1. The average Bonchev–Trinajstić information content (AvgIpc) is 3.03. The summed E-state index contributed by atoms with van der Waals surface area (Å²) in [6.07, 6.45) is 56.2. The van der Waals surface area contributed by atoms with E-state index in [4.69, 9.17) is 0 Å². The Kier molecular flexibility index (Phi) is 39.2. The van der Waals surface area contributed by atoms with Crippen LogP contribution in [-0.2, 0) is 0 Å². The maximum atomic E-state index is 2.37. The minimum Gasteiger partial charge on any atom is -0.0654 e. The Morgan fingerprint density at radius 2 is 0.341 bits per heavy atom. The Labute approximate surface area is 282 Å². The number of hydrogen-bond donors (Lipinski definition) is 0. The van der Waals surface area contributed by atoms with Crippen molar-refractivity contribution < 1.29 is 0 Å². The number of rotatable bonds is 39. The first-order valence-corrected chi connectivity index (χ1v) is 21.8. The predicted molar refractivity (Wildman–Crippen MR) is 205 cm³/mol. The molecule has 0 heterocycles. The Morgan fingerprint density at radius 3 is 0.591 bits per heavy atom. The molecular weight excluding hydrogens is 528 g/mol. The fraction of sp³-hybridized carbons (Fsp3) is 1.00. The lowest BCUT2D eigenvalue weighted by Crippen LogP contribution is -2.05. The summed E-state index contributed by atoms with van der Waals surface area (Å²) in [4.78, 5) is 0. The van der Waals surface area contributed by atoms with Crippen molar-refractivity contribution in [3.63, 3.8) is 0 Å². The van der Waals surface area contributed by atoms with Crippen molar-refractivity contribution in [1.29, 1.82) is 0 Å². The van der Waals surface area contributed by atoms with Crippen molar-refractivity contribution in [2.24, 2.45) is 11.8 Å². The van der Waals surface area contributed by atoms with E-state index in [9.17, 15) is 0 Å². The van der Waals surface area contributed by atoms with Gasteiger partial charge in [-0.05, 0) is 11.8 Å². The van der Waals surface area contributed by atoms with E-state index in [0.29, 0.717) is 0 Å². The highest BCUT2D eigenvalue weighted by atomic mass is 14.2. The summed E-state index contributed by atoms with van der Waals surface area (Å²) in [5.41, 5.74) is 0. The molecular formula is C44H90. The lowest BCUT2D eigenvalue weighted by molar-refractivity contribution is 0.327. The highest BCUT2D eigenvalue weighted by Gasteiger charge is 2.13. The van der Waals surface area contributed by atoms with Crippen molar-refractivity contribution in [3.8, 4) is 0 Å². The molecule has 0 radical (unpaired) electrons. The molecule has 0 N–H and O–H groups in total. The Morgan fingerprint density at radius 1 is 0.182 bits per heavy atom. The van der Waals surface area contributed by atoms with Crippen LogP contribution in [0.15, 0.2) is 0 Å². The minimum atomic E-state index is 1.03. The van der Waals surface area contributed by atoms with Gasteiger partial charge in [0.1, 0.15) is 0 Å². The van der Waals surface area contributed by atoms with E-state index in [1.165, 1.54) is 244 Å². The van der Waals surface area contributed by atoms with Gasteiger partial charge in [-0.15, -0.1) is 0 Å². The van der Waals surface area contributed by atoms with Gasteiger partial charge in [-0.25, -0.2) is 0 Å². The van der Waals surface area contributed by atoms with Gasteiger partial charge in [-0.1, -0.05) is 272 Å². The van der Waals surface area contributed by atoms with Gasteiger partial charge in [-0.3, -0.25) is 0 Å². The second-order valence-corrected chi connectivity index (χ2v) is 15.4. The number of hydrogen-bond acceptors (Lipinski definition) is 0. The molecule has 0 saturated carbocycles. The molecule has 0 nitrogen and oxygen atoms in total. The molecule has 0 rings (SSSR count). The van der Waals surface area contributed by atoms with Gasteiger partial charge in [0.15, 0.2) is 0 Å². The van der Waals surface area contributed by atoms with Gasteiger partial charge < -0.3 is 0 Å². The molecule has 0 heteroatoms. The van der Waals surface area contributed by atoms with Gasteiger partial charge >= 0.3 is 0 Å². The minimum absolute atomic E-state index is 1.03. The van der Waals surface area contributed by atoms with E-state index < -0.39 is 0 Å². The molecule has 0 fully saturated rings. The lowest BCUT2D eigenvalue weighted by Gasteiger charge is -2.20. The van der Waals surface area contributed by atoms with E-state index in [1.807, 2.05) is 0 Å². The topological polar surface area (TPSA) is 0 Å². The third-order valence-corrected chi connectivity index (χ3v) is 10.8. The summed E-state index contributed by atoms with van der Waals surface area (Å²) < 4.78 is 0. The molecule has 0 aliphatic heterocycles. The van der Waals surface area contributed by atoms with Crippen LogP contribution >= 0.6 is 0 Å². The lowest BCUT2D eigenvalue weighted by atomic mass is 9.86. The van der Waals surface area contributed by atoms with E-state index >= 15 is 0 Å². The SMILES string of the molecule is CCCCCCCCCCCCCCCC(CCCCC)CCCC(CCCCC)CCCCCCCCCCCCCC. The average molecular weight is 619 g/mol. The first-order chi connectivity index (χ1) is 21.8. The van der Waals surface area contributed by atoms with Crippen LogP contribution in [0.1, 0.15) is 272 Å². The molecule has 0 spiro atoms. The highest BCUT2D eigenvalue weighted by molar-refractivity contribution is 4.66. The summed E-state index contributed by atoms with van der Waals surface area (Å²) in [5, 5.41) is 0. The van der Waals surface area contributed by atoms with Crippen molar-refractivity contribution in [1.82, 2.24) is 0 Å². The number of unbranched alkanes of at least 4 members (excludes halogenated alkanes) is 27. The van der Waals surface area contributed by atoms with Crippen LogP contribution in [0.3, 0.4) is 0 Å². The van der Waals surface area contributed by atoms with Crippen molar-refractivity contribution in [3.05, 3.63) is 0 Å². The Bertz CT molecular complexity index is 480. The zero-order chi connectivity index (χ0) is 32.0. The zero-order valence-electron chi connectivity index (χ0n) is 32.0. The maximum absolute atomic E-state index is 2.37. The second-order valence-electron chi connectivity index (χ2n) is 15.4. The molecule has 0 aliphatic carbocycles. The molecule has 2 unspecified atom stereocenters. The van der Waals surface area contributed by atoms with Gasteiger partial charge in [0, 0.05) is 0 Å². The summed E-state index contributed by atoms with van der Waals surface area (Å²) >= 11 is 0. The molecule has 44 heavy (non-hydrogen) atoms. The molecule has 266 valence electrons. The molecule has 0 saturated heterocycles. The van der Waals surface area contributed by atoms with E-state index in [2.05, 4.69) is 27.7 Å². The molecule has 0 bridgehead atoms. The van der Waals surface area contributed by atoms with Crippen molar-refractivity contribution >= 4 is 0 Å². The van der Waals surface area contributed by atoms with Crippen molar-refractivity contribution in [2.45, 2.75) is 272 Å². The molecule has 0 aromatic heterocycles. The molecule has 0 amide bonds. The highest BCUT2D eigenvalue weighted by Crippen LogP contribution is 2.28. The first-order valence-electron chi connectivity index (χ1n) is 21.8. The van der Waals surface area contributed by atoms with Gasteiger partial charge in [0.05, 0.1) is 0 Å². The summed E-state index contributed by atoms with van der Waals surface area (Å²) in [5.74, 6) is 2.05. The fourth-order valence-electron chi connectivity index (χ4n) is 7.65. The third kappa shape index (κ3) is 34.9. The van der Waals surface area contributed by atoms with Crippen LogP contribution in [0.4, 0.5) is 0 Å². The molecule has 0 aromatic rings. The summed E-state index contributed by atoms with van der Waals surface area (Å²) in [6, 6.07) is 0. The smallest absolute Gasteiger partial charge is 0.0414 e. The van der Waals surface area contributed by atoms with Crippen LogP contribution in [0.5, 0.6) is 0 Å². The third-order valence-electron chi connectivity index (χ3n) is 10.8. The Balaban J connectivity index is 4.07. The van der Waals surface area contributed by atoms with Crippen LogP contribution in [-0.4, -0.2) is 0 Å². The summed E-state index contributed by atoms with van der Waals surface area (Å²) in [7, 11) is 0. The van der Waals surface area contributed by atoms with Gasteiger partial charge in [0.25, 0.3) is 0 Å². The Hall–Kier alpha value is 0. The second kappa shape index (κ2) is 39.2. The van der Waals surface area contributed by atoms with Crippen LogP contribution in [0.2, 0.25) is 0 Å². The van der Waals surface area contributed by atoms with Crippen LogP contribution in [0, 0.1) is 11.8 Å². The fourth-order valence-corrected chi connectivity index (χ4v) is 7.65. The van der Waals surface area contributed by atoms with E-state index in [0.717, 1.165) is 11.8 Å². The van der Waals surface area contributed by atoms with Gasteiger partial charge in [-0.2, -0.15) is 0 Å². The monoisotopic (exact) mass is 619 g/mol. The molecule has 2 atom stereocenters.